The van der Waals surface area contributed by atoms with Crippen molar-refractivity contribution in [2.24, 2.45) is 0 Å². The summed E-state index contributed by atoms with van der Waals surface area (Å²) in [5, 5.41) is 11.0. The summed E-state index contributed by atoms with van der Waals surface area (Å²) in [6.45, 7) is 2.24. The monoisotopic (exact) mass is 440 g/mol. The average Bonchev–Trinajstić information content (AvgIpc) is 2.77. The molecule has 0 heterocycles. The van der Waals surface area contributed by atoms with Crippen molar-refractivity contribution in [3.63, 3.8) is 0 Å². The predicted octanol–water partition coefficient (Wildman–Crippen LogP) is 7.85. The van der Waals surface area contributed by atoms with Crippen LogP contribution in [0.3, 0.4) is 0 Å². The number of nitro groups is 1. The molecule has 6 heteroatoms. The molecule has 0 unspecified atom stereocenters. The molecule has 0 amide bonds. The van der Waals surface area contributed by atoms with Gasteiger partial charge in [-0.05, 0) is 24.6 Å². The lowest BCUT2D eigenvalue weighted by Gasteiger charge is -2.12. The van der Waals surface area contributed by atoms with Crippen molar-refractivity contribution in [3.05, 3.63) is 58.1 Å². The molecule has 0 aliphatic heterocycles. The van der Waals surface area contributed by atoms with Crippen LogP contribution in [0.15, 0.2) is 42.5 Å². The summed E-state index contributed by atoms with van der Waals surface area (Å²) in [7, 11) is 0. The minimum Gasteiger partial charge on any atom is -0.456 e. The molecule has 0 bridgehead atoms. The first-order chi connectivity index (χ1) is 15.5. The number of carbonyl (C=O) groups excluding carboxylic acids is 1. The second-order valence-corrected chi connectivity index (χ2v) is 8.29. The van der Waals surface area contributed by atoms with E-state index in [1.165, 1.54) is 63.5 Å². The SMILES string of the molecule is CCCCCCCCCCCCCC(=O)c1c(N)cccc1Oc1cccc([N+](=O)[O-])c1. The number of ketones is 1. The number of nitrogen functional groups attached to an aromatic ring is 1. The molecule has 0 spiro atoms. The van der Waals surface area contributed by atoms with Crippen molar-refractivity contribution in [1.29, 1.82) is 0 Å². The Kier molecular flexibility index (Phi) is 11.3. The van der Waals surface area contributed by atoms with Gasteiger partial charge in [-0.2, -0.15) is 0 Å². The molecule has 6 nitrogen and oxygen atoms in total. The minimum atomic E-state index is -0.481. The standard InChI is InChI=1S/C26H36N2O4/c1-2-3-4-5-6-7-8-9-10-11-12-18-24(29)26-23(27)17-14-19-25(26)32-22-16-13-15-21(20-22)28(30)31/h13-17,19-20H,2-12,18,27H2,1H3. The van der Waals surface area contributed by atoms with Crippen LogP contribution in [0.4, 0.5) is 11.4 Å². The van der Waals surface area contributed by atoms with E-state index in [0.29, 0.717) is 29.2 Å². The van der Waals surface area contributed by atoms with Crippen molar-refractivity contribution >= 4 is 17.2 Å². The van der Waals surface area contributed by atoms with Gasteiger partial charge in [0.2, 0.25) is 0 Å². The van der Waals surface area contributed by atoms with Gasteiger partial charge in [0.15, 0.2) is 5.78 Å². The van der Waals surface area contributed by atoms with Crippen molar-refractivity contribution < 1.29 is 14.5 Å². The second-order valence-electron chi connectivity index (χ2n) is 8.29. The van der Waals surface area contributed by atoms with E-state index in [4.69, 9.17) is 10.5 Å². The van der Waals surface area contributed by atoms with Gasteiger partial charge in [-0.1, -0.05) is 83.3 Å². The molecular weight excluding hydrogens is 404 g/mol. The number of carbonyl (C=O) groups is 1. The second kappa shape index (κ2) is 14.2. The molecule has 0 aromatic heterocycles. The molecule has 174 valence electrons. The van der Waals surface area contributed by atoms with Crippen LogP contribution in [0.25, 0.3) is 0 Å². The van der Waals surface area contributed by atoms with Crippen molar-refractivity contribution in [3.8, 4) is 11.5 Å². The van der Waals surface area contributed by atoms with Gasteiger partial charge >= 0.3 is 0 Å². The fourth-order valence-corrected chi connectivity index (χ4v) is 3.79. The molecule has 0 fully saturated rings. The Bertz CT molecular complexity index is 867. The number of hydrogen-bond donors (Lipinski definition) is 1. The zero-order chi connectivity index (χ0) is 23.2. The van der Waals surface area contributed by atoms with Gasteiger partial charge in [0, 0.05) is 18.2 Å². The van der Waals surface area contributed by atoms with Crippen LogP contribution in [0.2, 0.25) is 0 Å². The molecule has 2 aromatic rings. The van der Waals surface area contributed by atoms with Crippen LogP contribution in [-0.2, 0) is 0 Å². The molecule has 2 N–H and O–H groups in total. The quantitative estimate of drug-likeness (QED) is 0.0942. The highest BCUT2D eigenvalue weighted by atomic mass is 16.6. The molecule has 0 atom stereocenters. The Balaban J connectivity index is 1.80. The Hall–Kier alpha value is -2.89. The lowest BCUT2D eigenvalue weighted by atomic mass is 10.0. The number of rotatable bonds is 16. The Morgan fingerprint density at radius 3 is 2.12 bits per heavy atom. The van der Waals surface area contributed by atoms with Gasteiger partial charge in [-0.25, -0.2) is 0 Å². The lowest BCUT2D eigenvalue weighted by molar-refractivity contribution is -0.384. The number of nitrogens with two attached hydrogens (primary N) is 1. The zero-order valence-electron chi connectivity index (χ0n) is 19.2. The average molecular weight is 441 g/mol. The Labute approximate surface area is 191 Å². The van der Waals surface area contributed by atoms with Crippen LogP contribution in [0, 0.1) is 10.1 Å². The summed E-state index contributed by atoms with van der Waals surface area (Å²) in [4.78, 5) is 23.4. The van der Waals surface area contributed by atoms with Crippen LogP contribution >= 0.6 is 0 Å². The fourth-order valence-electron chi connectivity index (χ4n) is 3.79. The van der Waals surface area contributed by atoms with Gasteiger partial charge in [0.05, 0.1) is 16.6 Å². The molecule has 2 rings (SSSR count). The van der Waals surface area contributed by atoms with E-state index < -0.39 is 4.92 Å². The van der Waals surface area contributed by atoms with Gasteiger partial charge in [-0.15, -0.1) is 0 Å². The first-order valence-electron chi connectivity index (χ1n) is 11.9. The van der Waals surface area contributed by atoms with Crippen LogP contribution in [0.5, 0.6) is 11.5 Å². The summed E-state index contributed by atoms with van der Waals surface area (Å²) < 4.78 is 5.80. The predicted molar refractivity (Wildman–Crippen MR) is 129 cm³/mol. The van der Waals surface area contributed by atoms with Gasteiger partial charge in [-0.3, -0.25) is 14.9 Å². The van der Waals surface area contributed by atoms with E-state index in [1.807, 2.05) is 0 Å². The highest BCUT2D eigenvalue weighted by molar-refractivity contribution is 6.03. The number of Topliss-reactive ketones (excluding diaryl/α,β-unsaturated/α-hetero) is 1. The van der Waals surface area contributed by atoms with E-state index >= 15 is 0 Å². The highest BCUT2D eigenvalue weighted by Gasteiger charge is 2.17. The van der Waals surface area contributed by atoms with Crippen molar-refractivity contribution in [1.82, 2.24) is 0 Å². The Morgan fingerprint density at radius 2 is 1.50 bits per heavy atom. The van der Waals surface area contributed by atoms with E-state index in [9.17, 15) is 14.9 Å². The summed E-state index contributed by atoms with van der Waals surface area (Å²) in [5.41, 5.74) is 6.72. The number of benzene rings is 2. The summed E-state index contributed by atoms with van der Waals surface area (Å²) in [6, 6.07) is 10.9. The number of nitrogens with zero attached hydrogens (tertiary/aromatic N) is 1. The smallest absolute Gasteiger partial charge is 0.273 e. The molecule has 2 aromatic carbocycles. The topological polar surface area (TPSA) is 95.5 Å². The molecule has 0 radical (unpaired) electrons. The van der Waals surface area contributed by atoms with E-state index in [1.54, 1.807) is 30.3 Å². The third-order valence-electron chi connectivity index (χ3n) is 5.60. The maximum atomic E-state index is 12.8. The maximum Gasteiger partial charge on any atom is 0.273 e. The number of hydrogen-bond acceptors (Lipinski definition) is 5. The normalized spacial score (nSPS) is 10.8. The van der Waals surface area contributed by atoms with Crippen LogP contribution in [0.1, 0.15) is 94.3 Å². The summed E-state index contributed by atoms with van der Waals surface area (Å²) >= 11 is 0. The zero-order valence-corrected chi connectivity index (χ0v) is 19.2. The molecule has 0 aliphatic carbocycles. The molecule has 0 saturated carbocycles. The van der Waals surface area contributed by atoms with Crippen molar-refractivity contribution in [2.45, 2.75) is 84.0 Å². The Morgan fingerprint density at radius 1 is 0.906 bits per heavy atom. The fraction of sp³-hybridized carbons (Fsp3) is 0.500. The van der Waals surface area contributed by atoms with Crippen molar-refractivity contribution in [2.75, 3.05) is 5.73 Å². The first kappa shape index (κ1) is 25.4. The highest BCUT2D eigenvalue weighted by Crippen LogP contribution is 2.32. The van der Waals surface area contributed by atoms with Gasteiger partial charge in [0.25, 0.3) is 5.69 Å². The molecule has 32 heavy (non-hydrogen) atoms. The first-order valence-corrected chi connectivity index (χ1v) is 11.9. The molecular formula is C26H36N2O4. The summed E-state index contributed by atoms with van der Waals surface area (Å²) in [5.74, 6) is 0.576. The third kappa shape index (κ3) is 8.69. The number of non-ortho nitro benzene ring substituents is 1. The number of anilines is 1. The lowest BCUT2D eigenvalue weighted by Crippen LogP contribution is -2.06. The number of ether oxygens (including phenoxy) is 1. The molecule has 0 saturated heterocycles. The third-order valence-corrected chi connectivity index (χ3v) is 5.60. The van der Waals surface area contributed by atoms with Crippen LogP contribution in [-0.4, -0.2) is 10.7 Å². The van der Waals surface area contributed by atoms with E-state index in [0.717, 1.165) is 19.3 Å². The van der Waals surface area contributed by atoms with Gasteiger partial charge < -0.3 is 10.5 Å². The number of unbranched alkanes of at least 4 members (excludes halogenated alkanes) is 10. The van der Waals surface area contributed by atoms with E-state index in [2.05, 4.69) is 6.92 Å². The summed E-state index contributed by atoms with van der Waals surface area (Å²) in [6.07, 6.45) is 13.9. The number of nitro benzene ring substituents is 1. The minimum absolute atomic E-state index is 0.0561. The van der Waals surface area contributed by atoms with Gasteiger partial charge in [0.1, 0.15) is 11.5 Å². The maximum absolute atomic E-state index is 12.8. The van der Waals surface area contributed by atoms with Crippen LogP contribution < -0.4 is 10.5 Å². The molecule has 0 aliphatic rings. The largest absolute Gasteiger partial charge is 0.456 e. The van der Waals surface area contributed by atoms with E-state index in [-0.39, 0.29) is 11.5 Å².